The van der Waals surface area contributed by atoms with Crippen molar-refractivity contribution >= 4 is 23.7 Å². The van der Waals surface area contributed by atoms with Crippen LogP contribution in [-0.4, -0.2) is 85.2 Å². The zero-order valence-electron chi connectivity index (χ0n) is 26.1. The minimum Gasteiger partial charge on any atom is -0.457 e. The number of imide groups is 1. The number of carbonyl (C=O) groups excluding carboxylic acids is 4. The van der Waals surface area contributed by atoms with Gasteiger partial charge in [-0.2, -0.15) is 0 Å². The molecule has 0 aromatic heterocycles. The lowest BCUT2D eigenvalue weighted by Crippen LogP contribution is -2.59. The number of rotatable bonds is 15. The van der Waals surface area contributed by atoms with Crippen molar-refractivity contribution in [2.75, 3.05) is 27.3 Å². The van der Waals surface area contributed by atoms with Gasteiger partial charge in [0.2, 0.25) is 5.91 Å². The summed E-state index contributed by atoms with van der Waals surface area (Å²) in [6.45, 7) is 4.71. The molecule has 1 aliphatic heterocycles. The summed E-state index contributed by atoms with van der Waals surface area (Å²) < 4.78 is 16.5. The van der Waals surface area contributed by atoms with Gasteiger partial charge in [0.25, 0.3) is 11.8 Å². The minimum atomic E-state index is -0.917. The van der Waals surface area contributed by atoms with Crippen molar-refractivity contribution in [3.8, 4) is 0 Å². The summed E-state index contributed by atoms with van der Waals surface area (Å²) >= 11 is 0. The molecule has 11 nitrogen and oxygen atoms in total. The third-order valence-corrected chi connectivity index (χ3v) is 7.87. The first kappa shape index (κ1) is 34.8. The molecule has 2 aromatic carbocycles. The number of unbranched alkanes of at least 4 members (excludes halogenated alkanes) is 1. The monoisotopic (exact) mass is 610 g/mol. The number of benzene rings is 2. The lowest BCUT2D eigenvalue weighted by molar-refractivity contribution is -0.166. The number of methoxy groups -OCH3 is 2. The van der Waals surface area contributed by atoms with Gasteiger partial charge in [-0.25, -0.2) is 4.79 Å². The van der Waals surface area contributed by atoms with E-state index in [1.165, 1.54) is 43.4 Å². The number of nitrogens with two attached hydrogens (primary N) is 2. The fourth-order valence-electron chi connectivity index (χ4n) is 5.48. The Bertz CT molecular complexity index is 1230. The van der Waals surface area contributed by atoms with Gasteiger partial charge in [0, 0.05) is 26.3 Å². The number of hydrogen-bond acceptors (Lipinski definition) is 9. The van der Waals surface area contributed by atoms with Gasteiger partial charge >= 0.3 is 5.97 Å². The molecule has 1 heterocycles. The van der Waals surface area contributed by atoms with E-state index in [0.29, 0.717) is 38.8 Å². The number of amides is 3. The lowest BCUT2D eigenvalue weighted by Gasteiger charge is -2.39. The van der Waals surface area contributed by atoms with Gasteiger partial charge in [0.1, 0.15) is 12.6 Å². The number of carbonyl (C=O) groups is 4. The van der Waals surface area contributed by atoms with Crippen molar-refractivity contribution in [3.05, 3.63) is 71.3 Å². The molecule has 3 amide bonds. The zero-order chi connectivity index (χ0) is 32.2. The van der Waals surface area contributed by atoms with E-state index in [-0.39, 0.29) is 29.6 Å². The molecule has 3 atom stereocenters. The molecule has 0 aliphatic carbocycles. The third-order valence-electron chi connectivity index (χ3n) is 7.87. The van der Waals surface area contributed by atoms with E-state index in [2.05, 4.69) is 0 Å². The molecule has 3 rings (SSSR count). The first-order valence-electron chi connectivity index (χ1n) is 15.1. The van der Waals surface area contributed by atoms with Crippen LogP contribution in [0.5, 0.6) is 0 Å². The Hall–Kier alpha value is -3.64. The highest BCUT2D eigenvalue weighted by Crippen LogP contribution is 2.27. The summed E-state index contributed by atoms with van der Waals surface area (Å²) in [6.07, 6.45) is 1.99. The highest BCUT2D eigenvalue weighted by Gasteiger charge is 2.45. The first-order chi connectivity index (χ1) is 21.1. The molecule has 0 unspecified atom stereocenters. The van der Waals surface area contributed by atoms with Gasteiger partial charge in [-0.15, -0.1) is 0 Å². The van der Waals surface area contributed by atoms with E-state index < -0.39 is 42.2 Å². The molecule has 11 heteroatoms. The predicted molar refractivity (Wildman–Crippen MR) is 165 cm³/mol. The molecule has 0 saturated carbocycles. The summed E-state index contributed by atoms with van der Waals surface area (Å²) in [6, 6.07) is 12.8. The quantitative estimate of drug-likeness (QED) is 0.134. The van der Waals surface area contributed by atoms with Crippen molar-refractivity contribution in [1.82, 2.24) is 9.80 Å². The summed E-state index contributed by atoms with van der Waals surface area (Å²) in [5, 5.41) is 0. The first-order valence-corrected chi connectivity index (χ1v) is 15.1. The molecular weight excluding hydrogens is 564 g/mol. The van der Waals surface area contributed by atoms with Crippen LogP contribution in [0, 0.1) is 5.92 Å². The molecule has 0 spiro atoms. The Balaban J connectivity index is 1.87. The lowest BCUT2D eigenvalue weighted by atomic mass is 9.98. The Morgan fingerprint density at radius 3 is 2.18 bits per heavy atom. The number of hydrogen-bond donors (Lipinski definition) is 2. The largest absolute Gasteiger partial charge is 0.457 e. The highest BCUT2D eigenvalue weighted by atomic mass is 16.7. The number of likely N-dealkylation sites (tertiary alicyclic amines) is 1. The van der Waals surface area contributed by atoms with Crippen LogP contribution < -0.4 is 11.5 Å². The van der Waals surface area contributed by atoms with Crippen LogP contribution >= 0.6 is 0 Å². The molecule has 0 radical (unpaired) electrons. The van der Waals surface area contributed by atoms with Crippen LogP contribution in [0.1, 0.15) is 72.2 Å². The van der Waals surface area contributed by atoms with Crippen LogP contribution in [0.15, 0.2) is 54.6 Å². The molecule has 1 fully saturated rings. The molecule has 44 heavy (non-hydrogen) atoms. The maximum atomic E-state index is 14.3. The van der Waals surface area contributed by atoms with Crippen LogP contribution in [0.4, 0.5) is 0 Å². The number of nitrogens with zero attached hydrogens (tertiary/aromatic N) is 2. The third kappa shape index (κ3) is 8.72. The average Bonchev–Trinajstić information content (AvgIpc) is 3.53. The normalized spacial score (nSPS) is 16.2. The van der Waals surface area contributed by atoms with Gasteiger partial charge in [0.15, 0.2) is 6.29 Å². The predicted octanol–water partition coefficient (Wildman–Crippen LogP) is 3.10. The second kappa shape index (κ2) is 17.0. The molecule has 240 valence electrons. The smallest absolute Gasteiger partial charge is 0.338 e. The zero-order valence-corrected chi connectivity index (χ0v) is 26.1. The average molecular weight is 611 g/mol. The molecule has 4 N–H and O–H groups in total. The van der Waals surface area contributed by atoms with Crippen molar-refractivity contribution < 1.29 is 33.4 Å². The van der Waals surface area contributed by atoms with E-state index >= 15 is 0 Å². The van der Waals surface area contributed by atoms with Crippen molar-refractivity contribution in [2.45, 2.75) is 77.0 Å². The summed E-state index contributed by atoms with van der Waals surface area (Å²) in [7, 11) is 2.89. The van der Waals surface area contributed by atoms with Gasteiger partial charge < -0.3 is 30.6 Å². The molecule has 1 saturated heterocycles. The van der Waals surface area contributed by atoms with Crippen LogP contribution in [0.3, 0.4) is 0 Å². The van der Waals surface area contributed by atoms with E-state index in [0.717, 1.165) is 16.9 Å². The molecule has 0 bridgehead atoms. The second-order valence-electron chi connectivity index (χ2n) is 11.3. The Morgan fingerprint density at radius 1 is 0.955 bits per heavy atom. The molecule has 2 aromatic rings. The SMILES string of the molecule is COC(OC)[C@H](C(C)C)N(C(=O)c1ccc(C(=O)OCc2ccccc2)cc1)C(=O)[C@@H]1CCCN1C(=O)[C@@H](N)CCCCN. The van der Waals surface area contributed by atoms with Gasteiger partial charge in [-0.1, -0.05) is 50.6 Å². The fourth-order valence-corrected chi connectivity index (χ4v) is 5.48. The maximum Gasteiger partial charge on any atom is 0.338 e. The maximum absolute atomic E-state index is 14.3. The second-order valence-corrected chi connectivity index (χ2v) is 11.3. The van der Waals surface area contributed by atoms with Gasteiger partial charge in [0.05, 0.1) is 17.6 Å². The molecule has 1 aliphatic rings. The van der Waals surface area contributed by atoms with E-state index in [9.17, 15) is 19.2 Å². The van der Waals surface area contributed by atoms with Crippen LogP contribution in [-0.2, 0) is 30.4 Å². The summed E-state index contributed by atoms with van der Waals surface area (Å²) in [5.74, 6) is -2.24. The summed E-state index contributed by atoms with van der Waals surface area (Å²) in [4.78, 5) is 57.1. The number of esters is 1. The number of ether oxygens (including phenoxy) is 3. The van der Waals surface area contributed by atoms with E-state index in [1.807, 2.05) is 44.2 Å². The van der Waals surface area contributed by atoms with Crippen molar-refractivity contribution in [3.63, 3.8) is 0 Å². The van der Waals surface area contributed by atoms with Gasteiger partial charge in [-0.05, 0) is 68.0 Å². The van der Waals surface area contributed by atoms with Gasteiger partial charge in [-0.3, -0.25) is 19.3 Å². The Labute approximate surface area is 259 Å². The Morgan fingerprint density at radius 2 is 1.59 bits per heavy atom. The summed E-state index contributed by atoms with van der Waals surface area (Å²) in [5.41, 5.74) is 13.1. The van der Waals surface area contributed by atoms with E-state index in [1.54, 1.807) is 0 Å². The Kier molecular flexibility index (Phi) is 13.5. The van der Waals surface area contributed by atoms with Crippen molar-refractivity contribution in [1.29, 1.82) is 0 Å². The standard InChI is InChI=1S/C33H46N4O7/c1-22(2)28(33(42-3)43-4)37(31(40)27-14-10-20-36(27)30(39)26(35)13-8-9-19-34)29(38)24-15-17-25(18-16-24)32(41)44-21-23-11-6-5-7-12-23/h5-7,11-12,15-18,22,26-28,33H,8-10,13-14,19-21,34-35H2,1-4H3/t26-,27-,28-/m0/s1. The van der Waals surface area contributed by atoms with Crippen LogP contribution in [0.2, 0.25) is 0 Å². The van der Waals surface area contributed by atoms with E-state index in [4.69, 9.17) is 25.7 Å². The molecular formula is C33H46N4O7. The topological polar surface area (TPSA) is 154 Å². The van der Waals surface area contributed by atoms with Crippen molar-refractivity contribution in [2.24, 2.45) is 17.4 Å². The fraction of sp³-hybridized carbons (Fsp3) is 0.515. The highest BCUT2D eigenvalue weighted by molar-refractivity contribution is 6.07. The minimum absolute atomic E-state index is 0.113. The van der Waals surface area contributed by atoms with Crippen LogP contribution in [0.25, 0.3) is 0 Å².